The van der Waals surface area contributed by atoms with E-state index < -0.39 is 17.2 Å². The van der Waals surface area contributed by atoms with Crippen molar-refractivity contribution < 1.29 is 15.3 Å². The van der Waals surface area contributed by atoms with Gasteiger partial charge in [-0.25, -0.2) is 0 Å². The monoisotopic (exact) mass is 165 g/mol. The molecule has 12 heavy (non-hydrogen) atoms. The zero-order valence-electron chi connectivity index (χ0n) is 6.07. The topological polar surface area (TPSA) is 84.5 Å². The molecule has 1 aromatic carbocycles. The van der Waals surface area contributed by atoms with Gasteiger partial charge in [-0.1, -0.05) is 0 Å². The normalized spacial score (nSPS) is 9.00. The Bertz CT molecular complexity index is 330. The Kier molecular flexibility index (Phi) is 2.03. The predicted molar refractivity (Wildman–Crippen MR) is 43.6 cm³/mol. The molecule has 0 heterocycles. The molecule has 0 bridgehead atoms. The molecule has 4 nitrogen and oxygen atoms in total. The van der Waals surface area contributed by atoms with Crippen molar-refractivity contribution in [1.82, 2.24) is 0 Å². The fourth-order valence-electron chi connectivity index (χ4n) is 0.792. The number of phenolic OH excluding ortho intramolecular Hbond substituents is 3. The van der Waals surface area contributed by atoms with Gasteiger partial charge in [0.2, 0.25) is 0 Å². The molecule has 0 fully saturated rings. The molecule has 0 saturated heterocycles. The van der Waals surface area contributed by atoms with Crippen LogP contribution in [0, 0.1) is 5.41 Å². The Morgan fingerprint density at radius 3 is 2.08 bits per heavy atom. The first-order chi connectivity index (χ1) is 5.65. The van der Waals surface area contributed by atoms with E-state index in [4.69, 9.17) is 20.7 Å². The zero-order valence-corrected chi connectivity index (χ0v) is 6.07. The number of benzene rings is 1. The summed E-state index contributed by atoms with van der Waals surface area (Å²) in [4.78, 5) is 0. The van der Waals surface area contributed by atoms with E-state index in [1.807, 2.05) is 5.87 Å². The highest BCUT2D eigenvalue weighted by Gasteiger charge is 2.05. The molecule has 0 radical (unpaired) electrons. The highest BCUT2D eigenvalue weighted by Crippen LogP contribution is 2.35. The van der Waals surface area contributed by atoms with E-state index in [-0.39, 0.29) is 0 Å². The minimum atomic E-state index is -0.558. The molecular formula is C8H7NO3. The Morgan fingerprint density at radius 1 is 1.17 bits per heavy atom. The van der Waals surface area contributed by atoms with E-state index in [0.29, 0.717) is 5.56 Å². The van der Waals surface area contributed by atoms with Crippen molar-refractivity contribution in [3.8, 4) is 17.2 Å². The molecule has 1 rings (SSSR count). The summed E-state index contributed by atoms with van der Waals surface area (Å²) >= 11 is 0. The van der Waals surface area contributed by atoms with Gasteiger partial charge < -0.3 is 15.3 Å². The van der Waals surface area contributed by atoms with E-state index in [2.05, 4.69) is 0 Å². The summed E-state index contributed by atoms with van der Waals surface area (Å²) in [5, 5.41) is 33.5. The third-order valence-electron chi connectivity index (χ3n) is 1.33. The lowest BCUT2D eigenvalue weighted by atomic mass is 10.2. The molecule has 0 aromatic heterocycles. The first-order valence-electron chi connectivity index (χ1n) is 3.15. The Morgan fingerprint density at radius 2 is 1.67 bits per heavy atom. The second kappa shape index (κ2) is 2.98. The molecule has 0 aliphatic heterocycles. The SMILES string of the molecule is N=C=Cc1cc(O)c(O)c(O)c1. The number of hydrogen-bond acceptors (Lipinski definition) is 4. The lowest BCUT2D eigenvalue weighted by Crippen LogP contribution is -1.75. The van der Waals surface area contributed by atoms with Crippen molar-refractivity contribution in [2.75, 3.05) is 0 Å². The maximum Gasteiger partial charge on any atom is 0.200 e. The van der Waals surface area contributed by atoms with Gasteiger partial charge in [-0.05, 0) is 23.6 Å². The van der Waals surface area contributed by atoms with Crippen LogP contribution in [0.3, 0.4) is 0 Å². The molecule has 0 amide bonds. The third-order valence-corrected chi connectivity index (χ3v) is 1.33. The van der Waals surface area contributed by atoms with Gasteiger partial charge in [-0.3, -0.25) is 5.41 Å². The van der Waals surface area contributed by atoms with Gasteiger partial charge in [-0.2, -0.15) is 0 Å². The van der Waals surface area contributed by atoms with E-state index >= 15 is 0 Å². The highest BCUT2D eigenvalue weighted by atomic mass is 16.3. The Labute approximate surface area is 68.5 Å². The summed E-state index contributed by atoms with van der Waals surface area (Å²) in [5.41, 5.74) is 0.401. The number of nitrogens with one attached hydrogen (secondary N) is 1. The third kappa shape index (κ3) is 1.38. The zero-order chi connectivity index (χ0) is 9.14. The van der Waals surface area contributed by atoms with Crippen molar-refractivity contribution >= 4 is 11.9 Å². The molecule has 62 valence electrons. The van der Waals surface area contributed by atoms with Crippen LogP contribution in [0.25, 0.3) is 6.08 Å². The van der Waals surface area contributed by atoms with E-state index in [0.717, 1.165) is 0 Å². The fourth-order valence-corrected chi connectivity index (χ4v) is 0.792. The van der Waals surface area contributed by atoms with Gasteiger partial charge >= 0.3 is 0 Å². The molecule has 0 saturated carbocycles. The fraction of sp³-hybridized carbons (Fsp3) is 0. The van der Waals surface area contributed by atoms with Crippen LogP contribution in [0.2, 0.25) is 0 Å². The van der Waals surface area contributed by atoms with Gasteiger partial charge in [0, 0.05) is 6.08 Å². The molecule has 1 aromatic rings. The minimum Gasteiger partial charge on any atom is -0.504 e. The molecule has 4 heteroatoms. The second-order valence-electron chi connectivity index (χ2n) is 2.20. The molecule has 0 spiro atoms. The van der Waals surface area contributed by atoms with Gasteiger partial charge in [0.05, 0.1) is 0 Å². The van der Waals surface area contributed by atoms with Gasteiger partial charge in [-0.15, -0.1) is 0 Å². The van der Waals surface area contributed by atoms with Crippen molar-refractivity contribution in [3.05, 3.63) is 17.7 Å². The summed E-state index contributed by atoms with van der Waals surface area (Å²) < 4.78 is 0. The van der Waals surface area contributed by atoms with Gasteiger partial charge in [0.25, 0.3) is 0 Å². The molecule has 4 N–H and O–H groups in total. The van der Waals surface area contributed by atoms with Crippen LogP contribution in [-0.4, -0.2) is 21.2 Å². The Hall–Kier alpha value is -1.93. The average molecular weight is 165 g/mol. The maximum atomic E-state index is 8.99. The van der Waals surface area contributed by atoms with Crippen LogP contribution in [0.15, 0.2) is 12.1 Å². The van der Waals surface area contributed by atoms with Crippen molar-refractivity contribution in [2.45, 2.75) is 0 Å². The first-order valence-corrected chi connectivity index (χ1v) is 3.15. The molecule has 0 unspecified atom stereocenters. The van der Waals surface area contributed by atoms with Crippen LogP contribution in [0.4, 0.5) is 0 Å². The van der Waals surface area contributed by atoms with Crippen molar-refractivity contribution in [2.24, 2.45) is 0 Å². The molecular weight excluding hydrogens is 158 g/mol. The molecule has 0 atom stereocenters. The Balaban J connectivity index is 3.30. The number of phenols is 3. The van der Waals surface area contributed by atoms with Crippen LogP contribution >= 0.6 is 0 Å². The summed E-state index contributed by atoms with van der Waals surface area (Å²) in [6.07, 6.45) is 1.25. The number of aromatic hydroxyl groups is 3. The van der Waals surface area contributed by atoms with Crippen LogP contribution in [-0.2, 0) is 0 Å². The first kappa shape index (κ1) is 8.17. The smallest absolute Gasteiger partial charge is 0.200 e. The molecule has 0 aliphatic carbocycles. The van der Waals surface area contributed by atoms with E-state index in [9.17, 15) is 0 Å². The average Bonchev–Trinajstić information content (AvgIpc) is 2.01. The van der Waals surface area contributed by atoms with Crippen LogP contribution < -0.4 is 0 Å². The van der Waals surface area contributed by atoms with Crippen LogP contribution in [0.5, 0.6) is 17.2 Å². The standard InChI is InChI=1S/C8H7NO3/c9-2-1-5-3-6(10)8(12)7(11)4-5/h1,3-4,9-12H. The lowest BCUT2D eigenvalue weighted by Gasteiger charge is -2.00. The lowest BCUT2D eigenvalue weighted by molar-refractivity contribution is 0.368. The van der Waals surface area contributed by atoms with Crippen molar-refractivity contribution in [1.29, 1.82) is 5.41 Å². The highest BCUT2D eigenvalue weighted by molar-refractivity contribution is 5.77. The van der Waals surface area contributed by atoms with Crippen molar-refractivity contribution in [3.63, 3.8) is 0 Å². The minimum absolute atomic E-state index is 0.401. The predicted octanol–water partition coefficient (Wildman–Crippen LogP) is 1.07. The van der Waals surface area contributed by atoms with Crippen LogP contribution in [0.1, 0.15) is 5.56 Å². The summed E-state index contributed by atoms with van der Waals surface area (Å²) in [6, 6.07) is 2.44. The summed E-state index contributed by atoms with van der Waals surface area (Å²) in [7, 11) is 0. The molecule has 0 aliphatic rings. The van der Waals surface area contributed by atoms with E-state index in [1.165, 1.54) is 18.2 Å². The summed E-state index contributed by atoms with van der Waals surface area (Å²) in [5.74, 6) is 0.581. The number of rotatable bonds is 1. The quantitative estimate of drug-likeness (QED) is 0.371. The van der Waals surface area contributed by atoms with Gasteiger partial charge in [0.15, 0.2) is 17.2 Å². The second-order valence-corrected chi connectivity index (χ2v) is 2.20. The largest absolute Gasteiger partial charge is 0.504 e. The summed E-state index contributed by atoms with van der Waals surface area (Å²) in [6.45, 7) is 0. The van der Waals surface area contributed by atoms with E-state index in [1.54, 1.807) is 0 Å². The number of hydrogen-bond donors (Lipinski definition) is 4. The van der Waals surface area contributed by atoms with Gasteiger partial charge in [0.1, 0.15) is 0 Å². The maximum absolute atomic E-state index is 8.99.